The van der Waals surface area contributed by atoms with Crippen LogP contribution in [0.3, 0.4) is 0 Å². The van der Waals surface area contributed by atoms with E-state index in [0.717, 1.165) is 31.9 Å². The second kappa shape index (κ2) is 8.47. The van der Waals surface area contributed by atoms with Crippen LogP contribution in [0.4, 0.5) is 0 Å². The predicted molar refractivity (Wildman–Crippen MR) is 132 cm³/mol. The Morgan fingerprint density at radius 3 is 2.67 bits per heavy atom. The largest absolute Gasteiger partial charge is 0.378 e. The molecule has 5 nitrogen and oxygen atoms in total. The number of hydrogen-bond donors (Lipinski definition) is 1. The highest BCUT2D eigenvalue weighted by molar-refractivity contribution is 5.87. The average Bonchev–Trinajstić information content (AvgIpc) is 3.49. The van der Waals surface area contributed by atoms with Crippen molar-refractivity contribution in [1.29, 1.82) is 0 Å². The monoisotopic (exact) mass is 440 g/mol. The average molecular weight is 441 g/mol. The molecule has 2 atom stereocenters. The molecule has 0 aliphatic carbocycles. The zero-order valence-corrected chi connectivity index (χ0v) is 19.5. The van der Waals surface area contributed by atoms with Crippen LogP contribution in [0.1, 0.15) is 34.6 Å². The van der Waals surface area contributed by atoms with Crippen LogP contribution in [-0.4, -0.2) is 52.0 Å². The third-order valence-electron chi connectivity index (χ3n) is 7.86. The molecule has 4 aromatic rings. The number of aromatic amines is 1. The smallest absolute Gasteiger partial charge is 0.0645 e. The molecule has 0 unspecified atom stereocenters. The van der Waals surface area contributed by atoms with E-state index >= 15 is 0 Å². The molecule has 2 aliphatic heterocycles. The number of nitrogens with one attached hydrogen (secondary N) is 1. The molecule has 0 bridgehead atoms. The Kier molecular flexibility index (Phi) is 5.31. The van der Waals surface area contributed by atoms with E-state index in [1.807, 2.05) is 23.1 Å². The van der Waals surface area contributed by atoms with Crippen LogP contribution in [0.5, 0.6) is 0 Å². The highest BCUT2D eigenvalue weighted by Crippen LogP contribution is 2.38. The molecule has 2 aromatic carbocycles. The fourth-order valence-electron chi connectivity index (χ4n) is 5.89. The Balaban J connectivity index is 1.32. The maximum Gasteiger partial charge on any atom is 0.0645 e. The van der Waals surface area contributed by atoms with Crippen molar-refractivity contribution in [3.63, 3.8) is 0 Å². The minimum Gasteiger partial charge on any atom is -0.378 e. The number of aryl methyl sites for hydroxylation is 2. The van der Waals surface area contributed by atoms with Gasteiger partial charge in [0, 0.05) is 36.0 Å². The fourth-order valence-corrected chi connectivity index (χ4v) is 5.89. The van der Waals surface area contributed by atoms with Crippen LogP contribution >= 0.6 is 0 Å². The normalized spacial score (nSPS) is 22.0. The van der Waals surface area contributed by atoms with Gasteiger partial charge < -0.3 is 9.72 Å². The molecule has 0 saturated carbocycles. The summed E-state index contributed by atoms with van der Waals surface area (Å²) in [4.78, 5) is 6.13. The molecule has 0 amide bonds. The van der Waals surface area contributed by atoms with E-state index in [4.69, 9.17) is 4.74 Å². The van der Waals surface area contributed by atoms with Crippen molar-refractivity contribution < 1.29 is 4.74 Å². The van der Waals surface area contributed by atoms with E-state index in [9.17, 15) is 0 Å². The Morgan fingerprint density at radius 1 is 1.09 bits per heavy atom. The number of ether oxygens (including phenoxy) is 1. The molecule has 2 aromatic heterocycles. The Hall–Kier alpha value is -2.89. The van der Waals surface area contributed by atoms with Gasteiger partial charge in [0.2, 0.25) is 0 Å². The number of nitrogens with zero attached hydrogens (tertiary/aromatic N) is 3. The summed E-state index contributed by atoms with van der Waals surface area (Å²) in [5.74, 6) is 1.14. The van der Waals surface area contributed by atoms with Gasteiger partial charge >= 0.3 is 0 Å². The van der Waals surface area contributed by atoms with Gasteiger partial charge in [-0.1, -0.05) is 18.2 Å². The van der Waals surface area contributed by atoms with Gasteiger partial charge in [0.05, 0.1) is 24.9 Å². The summed E-state index contributed by atoms with van der Waals surface area (Å²) in [6, 6.07) is 16.2. The van der Waals surface area contributed by atoms with Crippen LogP contribution < -0.4 is 0 Å². The fraction of sp³-hybridized carbons (Fsp3) is 0.393. The molecular formula is C28H32N4O. The van der Waals surface area contributed by atoms with Crippen molar-refractivity contribution in [2.75, 3.05) is 26.3 Å². The first-order valence-electron chi connectivity index (χ1n) is 12.2. The third kappa shape index (κ3) is 3.79. The number of aromatic nitrogens is 3. The number of H-pyrrole nitrogens is 1. The van der Waals surface area contributed by atoms with Gasteiger partial charge in [0.1, 0.15) is 0 Å². The zero-order valence-electron chi connectivity index (χ0n) is 19.5. The molecular weight excluding hydrogens is 408 g/mol. The van der Waals surface area contributed by atoms with Crippen molar-refractivity contribution >= 4 is 10.9 Å². The SMILES string of the molecule is Cc1cc(C)c2[nH]ccc2c1C[C@@H]1CCN(C2COC2)C[C@H]1c1ccc(-n2cccn2)cc1. The maximum absolute atomic E-state index is 5.52. The van der Waals surface area contributed by atoms with Crippen LogP contribution in [0.15, 0.2) is 61.1 Å². The van der Waals surface area contributed by atoms with Crippen molar-refractivity contribution in [2.24, 2.45) is 5.92 Å². The molecule has 1 N–H and O–H groups in total. The minimum atomic E-state index is 0.515. The summed E-state index contributed by atoms with van der Waals surface area (Å²) in [7, 11) is 0. The molecule has 6 rings (SSSR count). The summed E-state index contributed by atoms with van der Waals surface area (Å²) in [6.07, 6.45) is 8.27. The Bertz CT molecular complexity index is 1240. The number of piperidine rings is 1. The Labute approximate surface area is 195 Å². The van der Waals surface area contributed by atoms with Crippen molar-refractivity contribution in [2.45, 2.75) is 38.6 Å². The first kappa shape index (κ1) is 20.7. The summed E-state index contributed by atoms with van der Waals surface area (Å²) in [5, 5.41) is 5.78. The van der Waals surface area contributed by atoms with E-state index in [2.05, 4.69) is 71.4 Å². The standard InChI is InChI=1S/C28H32N4O/c1-19-14-20(2)28-25(8-11-29-28)26(19)15-22-9-13-31(24-17-33-18-24)16-27(22)21-4-6-23(7-5-21)32-12-3-10-30-32/h3-8,10-12,14,22,24,27,29H,9,13,15-18H2,1-2H3/t22-,27-/m0/s1. The van der Waals surface area contributed by atoms with Gasteiger partial charge in [-0.25, -0.2) is 4.68 Å². The molecule has 0 radical (unpaired) electrons. The van der Waals surface area contributed by atoms with Crippen LogP contribution in [-0.2, 0) is 11.2 Å². The highest BCUT2D eigenvalue weighted by Gasteiger charge is 2.36. The lowest BCUT2D eigenvalue weighted by atomic mass is 9.76. The summed E-state index contributed by atoms with van der Waals surface area (Å²) >= 11 is 0. The van der Waals surface area contributed by atoms with Gasteiger partial charge in [-0.05, 0) is 91.6 Å². The lowest BCUT2D eigenvalue weighted by Crippen LogP contribution is -2.53. The number of hydrogen-bond acceptors (Lipinski definition) is 3. The van der Waals surface area contributed by atoms with E-state index in [0.29, 0.717) is 17.9 Å². The maximum atomic E-state index is 5.52. The number of likely N-dealkylation sites (tertiary alicyclic amines) is 1. The van der Waals surface area contributed by atoms with Gasteiger partial charge in [-0.15, -0.1) is 0 Å². The molecule has 0 spiro atoms. The summed E-state index contributed by atoms with van der Waals surface area (Å²) in [5.41, 5.74) is 8.11. The number of fused-ring (bicyclic) bond motifs is 1. The van der Waals surface area contributed by atoms with Crippen molar-refractivity contribution in [1.82, 2.24) is 19.7 Å². The van der Waals surface area contributed by atoms with Crippen LogP contribution in [0.25, 0.3) is 16.6 Å². The van der Waals surface area contributed by atoms with E-state index in [-0.39, 0.29) is 0 Å². The van der Waals surface area contributed by atoms with E-state index < -0.39 is 0 Å². The first-order valence-corrected chi connectivity index (χ1v) is 12.2. The molecule has 2 aliphatic rings. The number of rotatable bonds is 5. The zero-order chi connectivity index (χ0) is 22.4. The number of benzene rings is 2. The molecule has 170 valence electrons. The molecule has 2 saturated heterocycles. The quantitative estimate of drug-likeness (QED) is 0.474. The van der Waals surface area contributed by atoms with Gasteiger partial charge in [-0.2, -0.15) is 5.10 Å². The second-order valence-electron chi connectivity index (χ2n) is 9.84. The minimum absolute atomic E-state index is 0.515. The van der Waals surface area contributed by atoms with Crippen molar-refractivity contribution in [3.8, 4) is 5.69 Å². The molecule has 4 heterocycles. The summed E-state index contributed by atoms with van der Waals surface area (Å²) < 4.78 is 7.45. The summed E-state index contributed by atoms with van der Waals surface area (Å²) in [6.45, 7) is 8.54. The van der Waals surface area contributed by atoms with E-state index in [1.165, 1.54) is 46.1 Å². The predicted octanol–water partition coefficient (Wildman–Crippen LogP) is 5.02. The van der Waals surface area contributed by atoms with Gasteiger partial charge in [0.25, 0.3) is 0 Å². The molecule has 5 heteroatoms. The lowest BCUT2D eigenvalue weighted by Gasteiger charge is -2.45. The van der Waals surface area contributed by atoms with Gasteiger partial charge in [-0.3, -0.25) is 4.90 Å². The molecule has 2 fully saturated rings. The highest BCUT2D eigenvalue weighted by atomic mass is 16.5. The van der Waals surface area contributed by atoms with Crippen LogP contribution in [0, 0.1) is 19.8 Å². The second-order valence-corrected chi connectivity index (χ2v) is 9.84. The lowest BCUT2D eigenvalue weighted by molar-refractivity contribution is -0.0769. The third-order valence-corrected chi connectivity index (χ3v) is 7.86. The van der Waals surface area contributed by atoms with Crippen molar-refractivity contribution in [3.05, 3.63) is 83.3 Å². The van der Waals surface area contributed by atoms with Crippen LogP contribution in [0.2, 0.25) is 0 Å². The van der Waals surface area contributed by atoms with Gasteiger partial charge in [0.15, 0.2) is 0 Å². The topological polar surface area (TPSA) is 46.1 Å². The van der Waals surface area contributed by atoms with E-state index in [1.54, 1.807) is 0 Å². The molecule has 33 heavy (non-hydrogen) atoms. The Morgan fingerprint density at radius 2 is 1.94 bits per heavy atom. The first-order chi connectivity index (χ1) is 16.2.